The number of phenolic OH excluding ortho intramolecular Hbond substituents is 4. The highest BCUT2D eigenvalue weighted by molar-refractivity contribution is 5.91. The molecular weight excluding hydrogens is 460 g/mol. The van der Waals surface area contributed by atoms with Crippen molar-refractivity contribution in [2.45, 2.75) is 18.6 Å². The zero-order valence-corrected chi connectivity index (χ0v) is 19.1. The Balaban J connectivity index is 1.72. The molecule has 0 radical (unpaired) electrons. The highest BCUT2D eigenvalue weighted by Gasteiger charge is 2.37. The summed E-state index contributed by atoms with van der Waals surface area (Å²) in [7, 11) is 4.28. The van der Waals surface area contributed by atoms with Gasteiger partial charge in [-0.1, -0.05) is 6.07 Å². The Morgan fingerprint density at radius 1 is 0.857 bits per heavy atom. The first-order valence-electron chi connectivity index (χ1n) is 10.5. The molecule has 1 heterocycles. The molecule has 35 heavy (non-hydrogen) atoms. The van der Waals surface area contributed by atoms with Crippen molar-refractivity contribution >= 4 is 5.97 Å². The fraction of sp³-hybridized carbons (Fsp3) is 0.240. The van der Waals surface area contributed by atoms with Crippen molar-refractivity contribution in [3.05, 3.63) is 59.2 Å². The van der Waals surface area contributed by atoms with Crippen LogP contribution in [0.5, 0.6) is 46.0 Å². The van der Waals surface area contributed by atoms with Gasteiger partial charge in [-0.2, -0.15) is 0 Å². The number of benzene rings is 3. The monoisotopic (exact) mass is 484 g/mol. The second-order valence-electron chi connectivity index (χ2n) is 7.79. The zero-order chi connectivity index (χ0) is 25.3. The van der Waals surface area contributed by atoms with E-state index in [0.29, 0.717) is 16.9 Å². The molecule has 4 N–H and O–H groups in total. The van der Waals surface area contributed by atoms with Crippen molar-refractivity contribution in [1.82, 2.24) is 0 Å². The van der Waals surface area contributed by atoms with Crippen molar-refractivity contribution in [2.75, 3.05) is 21.3 Å². The van der Waals surface area contributed by atoms with E-state index in [1.54, 1.807) is 0 Å². The van der Waals surface area contributed by atoms with Gasteiger partial charge in [0, 0.05) is 29.7 Å². The number of ether oxygens (including phenoxy) is 5. The van der Waals surface area contributed by atoms with Crippen molar-refractivity contribution in [1.29, 1.82) is 0 Å². The van der Waals surface area contributed by atoms with E-state index in [1.807, 2.05) is 0 Å². The summed E-state index contributed by atoms with van der Waals surface area (Å²) in [5, 5.41) is 39.9. The molecule has 0 fully saturated rings. The predicted molar refractivity (Wildman–Crippen MR) is 122 cm³/mol. The zero-order valence-electron chi connectivity index (χ0n) is 19.1. The van der Waals surface area contributed by atoms with Crippen LogP contribution in [-0.2, 0) is 11.2 Å². The molecular formula is C25H24O10. The smallest absolute Gasteiger partial charge is 0.338 e. The van der Waals surface area contributed by atoms with E-state index in [0.717, 1.165) is 6.07 Å². The van der Waals surface area contributed by atoms with Crippen LogP contribution in [0.15, 0.2) is 42.5 Å². The van der Waals surface area contributed by atoms with Crippen LogP contribution < -0.4 is 18.9 Å². The molecule has 2 atom stereocenters. The molecule has 3 aromatic carbocycles. The molecule has 1 aliphatic rings. The first-order chi connectivity index (χ1) is 16.7. The van der Waals surface area contributed by atoms with Gasteiger partial charge in [0.1, 0.15) is 23.4 Å². The van der Waals surface area contributed by atoms with Gasteiger partial charge in [0.15, 0.2) is 29.1 Å². The third-order valence-electron chi connectivity index (χ3n) is 5.65. The van der Waals surface area contributed by atoms with Crippen LogP contribution in [0.1, 0.15) is 27.6 Å². The largest absolute Gasteiger partial charge is 0.508 e. The number of hydrogen-bond donors (Lipinski definition) is 4. The number of carbonyl (C=O) groups is 1. The van der Waals surface area contributed by atoms with Crippen LogP contribution in [0.4, 0.5) is 0 Å². The van der Waals surface area contributed by atoms with E-state index in [9.17, 15) is 25.2 Å². The Hall–Kier alpha value is -4.47. The van der Waals surface area contributed by atoms with Crippen LogP contribution in [-0.4, -0.2) is 53.8 Å². The summed E-state index contributed by atoms with van der Waals surface area (Å²) in [5.74, 6) is -0.843. The summed E-state index contributed by atoms with van der Waals surface area (Å²) in [6, 6.07) is 9.45. The van der Waals surface area contributed by atoms with E-state index in [4.69, 9.17) is 23.7 Å². The normalized spacial score (nSPS) is 16.5. The van der Waals surface area contributed by atoms with Gasteiger partial charge in [-0.05, 0) is 24.3 Å². The molecule has 0 spiro atoms. The minimum atomic E-state index is -0.950. The molecule has 4 rings (SSSR count). The molecule has 3 aromatic rings. The average Bonchev–Trinajstić information content (AvgIpc) is 2.84. The quantitative estimate of drug-likeness (QED) is 0.303. The first-order valence-corrected chi connectivity index (χ1v) is 10.5. The number of hydrogen-bond acceptors (Lipinski definition) is 10. The minimum Gasteiger partial charge on any atom is -0.508 e. The van der Waals surface area contributed by atoms with Gasteiger partial charge >= 0.3 is 5.97 Å². The average molecular weight is 484 g/mol. The van der Waals surface area contributed by atoms with Gasteiger partial charge in [0.2, 0.25) is 5.75 Å². The highest BCUT2D eigenvalue weighted by atomic mass is 16.6. The summed E-state index contributed by atoms with van der Waals surface area (Å²) in [6.07, 6.45) is -1.83. The Morgan fingerprint density at radius 3 is 2.14 bits per heavy atom. The molecule has 0 aliphatic carbocycles. The number of fused-ring (bicyclic) bond motifs is 1. The van der Waals surface area contributed by atoms with Gasteiger partial charge in [-0.3, -0.25) is 0 Å². The molecule has 10 heteroatoms. The first kappa shape index (κ1) is 23.7. The third kappa shape index (κ3) is 4.50. The maximum Gasteiger partial charge on any atom is 0.338 e. The van der Waals surface area contributed by atoms with Crippen LogP contribution >= 0.6 is 0 Å². The lowest BCUT2D eigenvalue weighted by Gasteiger charge is -2.34. The number of esters is 1. The maximum absolute atomic E-state index is 13.2. The fourth-order valence-corrected chi connectivity index (χ4v) is 3.96. The summed E-state index contributed by atoms with van der Waals surface area (Å²) >= 11 is 0. The van der Waals surface area contributed by atoms with Crippen LogP contribution in [0.25, 0.3) is 0 Å². The standard InChI is InChI=1S/C25H24O10/c1-31-20-7-13(8-21(32-2)24(20)33-3)25(30)35-22-11-15-17(28)9-14(26)10-19(15)34-23(22)12-4-5-16(27)18(29)6-12/h4-10,22-23,26-29H,11H2,1-3H3/t22-,23-/m1/s1. The van der Waals surface area contributed by atoms with Gasteiger partial charge < -0.3 is 44.1 Å². The molecule has 0 unspecified atom stereocenters. The molecule has 1 aliphatic heterocycles. The molecule has 0 saturated carbocycles. The Morgan fingerprint density at radius 2 is 1.54 bits per heavy atom. The third-order valence-corrected chi connectivity index (χ3v) is 5.65. The molecule has 0 bridgehead atoms. The highest BCUT2D eigenvalue weighted by Crippen LogP contribution is 2.44. The van der Waals surface area contributed by atoms with Crippen molar-refractivity contribution < 1.29 is 48.9 Å². The predicted octanol–water partition coefficient (Wildman–Crippen LogP) is 3.44. The fourth-order valence-electron chi connectivity index (χ4n) is 3.96. The Bertz CT molecular complexity index is 1240. The molecule has 0 aromatic heterocycles. The lowest BCUT2D eigenvalue weighted by Crippen LogP contribution is -2.34. The minimum absolute atomic E-state index is 0.0456. The van der Waals surface area contributed by atoms with Crippen LogP contribution in [0, 0.1) is 0 Å². The molecule has 0 saturated heterocycles. The van der Waals surface area contributed by atoms with E-state index < -0.39 is 18.2 Å². The second-order valence-corrected chi connectivity index (χ2v) is 7.79. The lowest BCUT2D eigenvalue weighted by molar-refractivity contribution is -0.0189. The molecule has 0 amide bonds. The van der Waals surface area contributed by atoms with E-state index in [1.165, 1.54) is 57.7 Å². The number of rotatable bonds is 6. The topological polar surface area (TPSA) is 144 Å². The summed E-state index contributed by atoms with van der Waals surface area (Å²) in [5.41, 5.74) is 0.855. The van der Waals surface area contributed by atoms with Gasteiger partial charge in [-0.15, -0.1) is 0 Å². The lowest BCUT2D eigenvalue weighted by atomic mass is 9.93. The summed E-state index contributed by atoms with van der Waals surface area (Å²) in [6.45, 7) is 0. The van der Waals surface area contributed by atoms with Crippen LogP contribution in [0.2, 0.25) is 0 Å². The second kappa shape index (κ2) is 9.41. The number of phenols is 4. The van der Waals surface area contributed by atoms with Crippen molar-refractivity contribution in [2.24, 2.45) is 0 Å². The molecule has 10 nitrogen and oxygen atoms in total. The Kier molecular flexibility index (Phi) is 6.37. The number of carbonyl (C=O) groups excluding carboxylic acids is 1. The van der Waals surface area contributed by atoms with E-state index in [2.05, 4.69) is 0 Å². The van der Waals surface area contributed by atoms with E-state index in [-0.39, 0.29) is 52.2 Å². The SMILES string of the molecule is COc1cc(C(=O)O[C@@H]2Cc3c(O)cc(O)cc3O[C@@H]2c2ccc(O)c(O)c2)cc(OC)c1OC. The van der Waals surface area contributed by atoms with Gasteiger partial charge in [0.25, 0.3) is 0 Å². The molecule has 184 valence electrons. The summed E-state index contributed by atoms with van der Waals surface area (Å²) < 4.78 is 27.7. The van der Waals surface area contributed by atoms with Crippen molar-refractivity contribution in [3.63, 3.8) is 0 Å². The summed E-state index contributed by atoms with van der Waals surface area (Å²) in [4.78, 5) is 13.2. The number of aromatic hydroxyl groups is 4. The maximum atomic E-state index is 13.2. The van der Waals surface area contributed by atoms with Gasteiger partial charge in [0.05, 0.1) is 26.9 Å². The van der Waals surface area contributed by atoms with Crippen LogP contribution in [0.3, 0.4) is 0 Å². The number of methoxy groups -OCH3 is 3. The van der Waals surface area contributed by atoms with Crippen molar-refractivity contribution in [3.8, 4) is 46.0 Å². The van der Waals surface area contributed by atoms with E-state index >= 15 is 0 Å². The van der Waals surface area contributed by atoms with Gasteiger partial charge in [-0.25, -0.2) is 4.79 Å². The Labute approximate surface area is 200 Å².